The summed E-state index contributed by atoms with van der Waals surface area (Å²) < 4.78 is 5.04. The number of anilines is 2. The van der Waals surface area contributed by atoms with E-state index < -0.39 is 0 Å². The largest absolute Gasteiger partial charge is 0.384 e. The number of piperidine rings is 1. The zero-order valence-electron chi connectivity index (χ0n) is 16.5. The molecule has 0 unspecified atom stereocenters. The third kappa shape index (κ3) is 5.30. The van der Waals surface area contributed by atoms with Crippen molar-refractivity contribution < 1.29 is 9.53 Å². The Labute approximate surface area is 161 Å². The highest BCUT2D eigenvalue weighted by molar-refractivity contribution is 5.76. The second kappa shape index (κ2) is 9.00. The van der Waals surface area contributed by atoms with Gasteiger partial charge >= 0.3 is 0 Å². The van der Waals surface area contributed by atoms with E-state index in [2.05, 4.69) is 48.6 Å². The Kier molecular flexibility index (Phi) is 6.45. The standard InChI is InChI=1S/C22H29N3O2/c1-16-6-8-19(9-7-16)24-20-13-17(2)23-21(14-20)18-5-4-11-25(15-18)22(26)10-12-27-3/h6-9,13-14,18H,4-5,10-12,15H2,1-3H3,(H,23,24)/t18-/m0/s1. The van der Waals surface area contributed by atoms with E-state index in [0.29, 0.717) is 13.0 Å². The monoisotopic (exact) mass is 367 g/mol. The first-order chi connectivity index (χ1) is 13.0. The highest BCUT2D eigenvalue weighted by atomic mass is 16.5. The summed E-state index contributed by atoms with van der Waals surface area (Å²) >= 11 is 0. The molecule has 0 saturated carbocycles. The number of aryl methyl sites for hydroxylation is 2. The van der Waals surface area contributed by atoms with Gasteiger partial charge in [-0.05, 0) is 51.0 Å². The van der Waals surface area contributed by atoms with Gasteiger partial charge in [0.1, 0.15) is 0 Å². The van der Waals surface area contributed by atoms with E-state index in [1.807, 2.05) is 11.8 Å². The lowest BCUT2D eigenvalue weighted by Crippen LogP contribution is -2.39. The van der Waals surface area contributed by atoms with Gasteiger partial charge in [-0.15, -0.1) is 0 Å². The Morgan fingerprint density at radius 3 is 2.74 bits per heavy atom. The number of pyridine rings is 1. The van der Waals surface area contributed by atoms with E-state index in [9.17, 15) is 4.79 Å². The Balaban J connectivity index is 1.73. The van der Waals surface area contributed by atoms with Crippen molar-refractivity contribution in [3.05, 3.63) is 53.3 Å². The maximum Gasteiger partial charge on any atom is 0.224 e. The highest BCUT2D eigenvalue weighted by Gasteiger charge is 2.25. The number of aromatic nitrogens is 1. The zero-order chi connectivity index (χ0) is 19.2. The molecule has 1 saturated heterocycles. The smallest absolute Gasteiger partial charge is 0.224 e. The normalized spacial score (nSPS) is 17.0. The summed E-state index contributed by atoms with van der Waals surface area (Å²) in [5, 5.41) is 3.48. The average molecular weight is 367 g/mol. The summed E-state index contributed by atoms with van der Waals surface area (Å²) in [6.07, 6.45) is 2.53. The molecule has 1 aromatic heterocycles. The molecule has 2 heterocycles. The number of carbonyl (C=O) groups is 1. The van der Waals surface area contributed by atoms with Crippen molar-refractivity contribution in [2.24, 2.45) is 0 Å². The van der Waals surface area contributed by atoms with Crippen molar-refractivity contribution >= 4 is 17.3 Å². The molecule has 5 heteroatoms. The maximum absolute atomic E-state index is 12.3. The van der Waals surface area contributed by atoms with Crippen LogP contribution in [0.25, 0.3) is 0 Å². The van der Waals surface area contributed by atoms with Crippen LogP contribution in [0.1, 0.15) is 42.1 Å². The summed E-state index contributed by atoms with van der Waals surface area (Å²) in [4.78, 5) is 19.1. The first kappa shape index (κ1) is 19.4. The predicted molar refractivity (Wildman–Crippen MR) is 108 cm³/mol. The molecule has 1 fully saturated rings. The number of rotatable bonds is 6. The SMILES string of the molecule is COCCC(=O)N1CCC[C@H](c2cc(Nc3ccc(C)cc3)cc(C)n2)C1. The fraction of sp³-hybridized carbons (Fsp3) is 0.455. The second-order valence-corrected chi connectivity index (χ2v) is 7.33. The molecule has 1 aliphatic rings. The van der Waals surface area contributed by atoms with Crippen LogP contribution in [-0.2, 0) is 9.53 Å². The number of likely N-dealkylation sites (tertiary alicyclic amines) is 1. The molecule has 27 heavy (non-hydrogen) atoms. The first-order valence-corrected chi connectivity index (χ1v) is 9.64. The van der Waals surface area contributed by atoms with E-state index in [0.717, 1.165) is 48.7 Å². The number of hydrogen-bond donors (Lipinski definition) is 1. The molecule has 1 aliphatic heterocycles. The molecule has 5 nitrogen and oxygen atoms in total. The molecular formula is C22H29N3O2. The molecule has 0 bridgehead atoms. The minimum atomic E-state index is 0.173. The Bertz CT molecular complexity index is 774. The number of carbonyl (C=O) groups excluding carboxylic acids is 1. The maximum atomic E-state index is 12.3. The van der Waals surface area contributed by atoms with Crippen LogP contribution in [0.4, 0.5) is 11.4 Å². The third-order valence-corrected chi connectivity index (χ3v) is 5.03. The van der Waals surface area contributed by atoms with Gasteiger partial charge in [0.2, 0.25) is 5.91 Å². The number of benzene rings is 1. The molecule has 144 valence electrons. The van der Waals surface area contributed by atoms with Gasteiger partial charge in [0.05, 0.1) is 13.0 Å². The van der Waals surface area contributed by atoms with Gasteiger partial charge in [0, 0.05) is 48.9 Å². The zero-order valence-corrected chi connectivity index (χ0v) is 16.5. The van der Waals surface area contributed by atoms with Crippen LogP contribution >= 0.6 is 0 Å². The second-order valence-electron chi connectivity index (χ2n) is 7.33. The minimum absolute atomic E-state index is 0.173. The molecule has 1 amide bonds. The summed E-state index contributed by atoms with van der Waals surface area (Å²) in [5.74, 6) is 0.455. The first-order valence-electron chi connectivity index (χ1n) is 9.64. The van der Waals surface area contributed by atoms with Crippen LogP contribution in [0.5, 0.6) is 0 Å². The predicted octanol–water partition coefficient (Wildman–Crippen LogP) is 4.18. The van der Waals surface area contributed by atoms with E-state index in [4.69, 9.17) is 9.72 Å². The van der Waals surface area contributed by atoms with Crippen LogP contribution in [0.3, 0.4) is 0 Å². The van der Waals surface area contributed by atoms with Gasteiger partial charge < -0.3 is 15.0 Å². The van der Waals surface area contributed by atoms with Gasteiger partial charge in [-0.1, -0.05) is 17.7 Å². The summed E-state index contributed by atoms with van der Waals surface area (Å²) in [6.45, 7) is 6.16. The van der Waals surface area contributed by atoms with Crippen molar-refractivity contribution in [1.29, 1.82) is 0 Å². The minimum Gasteiger partial charge on any atom is -0.384 e. The van der Waals surface area contributed by atoms with Gasteiger partial charge in [0.15, 0.2) is 0 Å². The van der Waals surface area contributed by atoms with Crippen molar-refractivity contribution in [3.63, 3.8) is 0 Å². The lowest BCUT2D eigenvalue weighted by Gasteiger charge is -2.33. The molecule has 2 aromatic rings. The van der Waals surface area contributed by atoms with Gasteiger partial charge in [-0.25, -0.2) is 0 Å². The van der Waals surface area contributed by atoms with E-state index in [1.54, 1.807) is 7.11 Å². The molecule has 1 aromatic carbocycles. The third-order valence-electron chi connectivity index (χ3n) is 5.03. The molecule has 0 radical (unpaired) electrons. The van der Waals surface area contributed by atoms with Crippen molar-refractivity contribution in [1.82, 2.24) is 9.88 Å². The summed E-state index contributed by atoms with van der Waals surface area (Å²) in [6, 6.07) is 12.6. The molecule has 0 aliphatic carbocycles. The number of nitrogens with zero attached hydrogens (tertiary/aromatic N) is 2. The Morgan fingerprint density at radius 2 is 2.00 bits per heavy atom. The van der Waals surface area contributed by atoms with Gasteiger partial charge in [-0.2, -0.15) is 0 Å². The summed E-state index contributed by atoms with van der Waals surface area (Å²) in [7, 11) is 1.63. The van der Waals surface area contributed by atoms with Crippen molar-refractivity contribution in [3.8, 4) is 0 Å². The fourth-order valence-corrected chi connectivity index (χ4v) is 3.57. The highest BCUT2D eigenvalue weighted by Crippen LogP contribution is 2.29. The lowest BCUT2D eigenvalue weighted by atomic mass is 9.93. The van der Waals surface area contributed by atoms with E-state index in [-0.39, 0.29) is 11.8 Å². The average Bonchev–Trinajstić information content (AvgIpc) is 2.67. The Morgan fingerprint density at radius 1 is 1.22 bits per heavy atom. The van der Waals surface area contributed by atoms with Gasteiger partial charge in [-0.3, -0.25) is 9.78 Å². The quantitative estimate of drug-likeness (QED) is 0.832. The number of ether oxygens (including phenoxy) is 1. The topological polar surface area (TPSA) is 54.5 Å². The van der Waals surface area contributed by atoms with Crippen LogP contribution in [0, 0.1) is 13.8 Å². The molecule has 0 spiro atoms. The number of methoxy groups -OCH3 is 1. The number of nitrogens with one attached hydrogen (secondary N) is 1. The number of amides is 1. The van der Waals surface area contributed by atoms with E-state index >= 15 is 0 Å². The van der Waals surface area contributed by atoms with E-state index in [1.165, 1.54) is 5.56 Å². The molecule has 1 atom stereocenters. The lowest BCUT2D eigenvalue weighted by molar-refractivity contribution is -0.133. The molecular weight excluding hydrogens is 338 g/mol. The van der Waals surface area contributed by atoms with Crippen LogP contribution in [0.2, 0.25) is 0 Å². The number of hydrogen-bond acceptors (Lipinski definition) is 4. The summed E-state index contributed by atoms with van der Waals surface area (Å²) in [5.41, 5.74) is 5.41. The Hall–Kier alpha value is -2.40. The van der Waals surface area contributed by atoms with Gasteiger partial charge in [0.25, 0.3) is 0 Å². The van der Waals surface area contributed by atoms with Crippen LogP contribution in [-0.4, -0.2) is 42.6 Å². The van der Waals surface area contributed by atoms with Crippen molar-refractivity contribution in [2.45, 2.75) is 39.0 Å². The fourth-order valence-electron chi connectivity index (χ4n) is 3.57. The molecule has 3 rings (SSSR count). The molecule has 1 N–H and O–H groups in total. The van der Waals surface area contributed by atoms with Crippen molar-refractivity contribution in [2.75, 3.05) is 32.1 Å². The van der Waals surface area contributed by atoms with Crippen LogP contribution < -0.4 is 5.32 Å². The van der Waals surface area contributed by atoms with Crippen LogP contribution in [0.15, 0.2) is 36.4 Å².